The molecule has 0 saturated heterocycles. The number of hydrogen-bond acceptors (Lipinski definition) is 5. The number of aromatic nitrogens is 3. The minimum absolute atomic E-state index is 0.182. The molecule has 6 nitrogen and oxygen atoms in total. The van der Waals surface area contributed by atoms with Gasteiger partial charge < -0.3 is 11.1 Å². The van der Waals surface area contributed by atoms with Gasteiger partial charge in [0.15, 0.2) is 0 Å². The number of anilines is 1. The van der Waals surface area contributed by atoms with Crippen molar-refractivity contribution in [1.82, 2.24) is 20.1 Å². The number of nitrogen functional groups attached to an aromatic ring is 1. The molecular formula is C14H15N5OS. The highest BCUT2D eigenvalue weighted by Gasteiger charge is 2.18. The van der Waals surface area contributed by atoms with E-state index in [4.69, 9.17) is 5.73 Å². The van der Waals surface area contributed by atoms with E-state index in [0.29, 0.717) is 17.1 Å². The van der Waals surface area contributed by atoms with Crippen LogP contribution in [0.15, 0.2) is 24.7 Å². The normalized spacial score (nSPS) is 11.0. The van der Waals surface area contributed by atoms with Gasteiger partial charge in [-0.3, -0.25) is 9.48 Å². The zero-order chi connectivity index (χ0) is 15.0. The summed E-state index contributed by atoms with van der Waals surface area (Å²) < 4.78 is 1.70. The average molecular weight is 301 g/mol. The Morgan fingerprint density at radius 3 is 3.00 bits per heavy atom. The molecule has 3 rings (SSSR count). The molecule has 0 atom stereocenters. The van der Waals surface area contributed by atoms with Crippen molar-refractivity contribution in [2.75, 3.05) is 5.73 Å². The number of fused-ring (bicyclic) bond motifs is 1. The van der Waals surface area contributed by atoms with Gasteiger partial charge in [-0.2, -0.15) is 5.10 Å². The Morgan fingerprint density at radius 1 is 1.52 bits per heavy atom. The van der Waals surface area contributed by atoms with Crippen LogP contribution in [0, 0.1) is 6.92 Å². The van der Waals surface area contributed by atoms with Crippen LogP contribution in [-0.4, -0.2) is 20.7 Å². The fourth-order valence-electron chi connectivity index (χ4n) is 2.20. The molecule has 1 amide bonds. The summed E-state index contributed by atoms with van der Waals surface area (Å²) >= 11 is 1.32. The smallest absolute Gasteiger partial charge is 0.263 e. The molecule has 21 heavy (non-hydrogen) atoms. The van der Waals surface area contributed by atoms with E-state index in [2.05, 4.69) is 15.4 Å². The Labute approximate surface area is 125 Å². The van der Waals surface area contributed by atoms with Gasteiger partial charge in [-0.15, -0.1) is 11.3 Å². The quantitative estimate of drug-likeness (QED) is 0.773. The summed E-state index contributed by atoms with van der Waals surface area (Å²) in [6.07, 6.45) is 5.31. The molecular weight excluding hydrogens is 286 g/mol. The molecule has 3 N–H and O–H groups in total. The van der Waals surface area contributed by atoms with Crippen LogP contribution in [0.3, 0.4) is 0 Å². The molecule has 7 heteroatoms. The van der Waals surface area contributed by atoms with Gasteiger partial charge in [-0.05, 0) is 18.6 Å². The molecule has 0 saturated carbocycles. The van der Waals surface area contributed by atoms with Crippen molar-refractivity contribution in [3.63, 3.8) is 0 Å². The Hall–Kier alpha value is -2.41. The van der Waals surface area contributed by atoms with E-state index in [0.717, 1.165) is 21.3 Å². The van der Waals surface area contributed by atoms with Gasteiger partial charge in [-0.1, -0.05) is 0 Å². The summed E-state index contributed by atoms with van der Waals surface area (Å²) in [5, 5.41) is 7.79. The molecule has 0 aliphatic carbocycles. The lowest BCUT2D eigenvalue weighted by atomic mass is 10.2. The molecule has 3 aromatic heterocycles. The van der Waals surface area contributed by atoms with Crippen LogP contribution in [-0.2, 0) is 13.6 Å². The third-order valence-corrected chi connectivity index (χ3v) is 4.37. The van der Waals surface area contributed by atoms with Crippen molar-refractivity contribution in [3.05, 3.63) is 40.7 Å². The monoisotopic (exact) mass is 301 g/mol. The van der Waals surface area contributed by atoms with Gasteiger partial charge >= 0.3 is 0 Å². The predicted octanol–water partition coefficient (Wildman–Crippen LogP) is 1.85. The molecule has 0 fully saturated rings. The van der Waals surface area contributed by atoms with Crippen LogP contribution < -0.4 is 11.1 Å². The van der Waals surface area contributed by atoms with E-state index in [1.54, 1.807) is 17.1 Å². The number of nitrogens with two attached hydrogens (primary N) is 1. The number of pyridine rings is 1. The van der Waals surface area contributed by atoms with Crippen molar-refractivity contribution in [1.29, 1.82) is 0 Å². The summed E-state index contributed by atoms with van der Waals surface area (Å²) in [6.45, 7) is 2.39. The number of nitrogens with one attached hydrogen (secondary N) is 1. The Morgan fingerprint density at radius 2 is 2.33 bits per heavy atom. The maximum atomic E-state index is 12.3. The third-order valence-electron chi connectivity index (χ3n) is 3.25. The zero-order valence-corrected chi connectivity index (χ0v) is 12.6. The number of carbonyl (C=O) groups excluding carboxylic acids is 1. The second kappa shape index (κ2) is 5.17. The number of hydrogen-bond donors (Lipinski definition) is 2. The van der Waals surface area contributed by atoms with Crippen LogP contribution >= 0.6 is 11.3 Å². The van der Waals surface area contributed by atoms with Gasteiger partial charge in [-0.25, -0.2) is 4.98 Å². The summed E-state index contributed by atoms with van der Waals surface area (Å²) in [7, 11) is 1.84. The lowest BCUT2D eigenvalue weighted by Gasteiger charge is -2.02. The number of amides is 1. The van der Waals surface area contributed by atoms with Crippen molar-refractivity contribution in [2.24, 2.45) is 7.05 Å². The predicted molar refractivity (Wildman–Crippen MR) is 83.1 cm³/mol. The van der Waals surface area contributed by atoms with Crippen LogP contribution in [0.2, 0.25) is 0 Å². The maximum absolute atomic E-state index is 12.3. The number of nitrogens with zero attached hydrogens (tertiary/aromatic N) is 3. The molecule has 0 spiro atoms. The van der Waals surface area contributed by atoms with Crippen molar-refractivity contribution in [3.8, 4) is 0 Å². The number of rotatable bonds is 3. The first-order valence-electron chi connectivity index (χ1n) is 6.45. The van der Waals surface area contributed by atoms with E-state index < -0.39 is 0 Å². The van der Waals surface area contributed by atoms with Gasteiger partial charge in [0.1, 0.15) is 9.71 Å². The number of thiophene rings is 1. The standard InChI is InChI=1S/C14H15N5OS/c1-8-3-4-16-14-10(8)11(15)12(21-14)13(20)17-5-9-6-18-19(2)7-9/h3-4,6-7H,5,15H2,1-2H3,(H,17,20). The highest BCUT2D eigenvalue weighted by atomic mass is 32.1. The second-order valence-electron chi connectivity index (χ2n) is 4.86. The summed E-state index contributed by atoms with van der Waals surface area (Å²) in [4.78, 5) is 17.9. The summed E-state index contributed by atoms with van der Waals surface area (Å²) in [6, 6.07) is 1.89. The Bertz CT molecular complexity index is 820. The molecule has 0 unspecified atom stereocenters. The largest absolute Gasteiger partial charge is 0.397 e. The fourth-order valence-corrected chi connectivity index (χ4v) is 3.25. The molecule has 108 valence electrons. The van der Waals surface area contributed by atoms with E-state index in [-0.39, 0.29) is 5.91 Å². The molecule has 0 aromatic carbocycles. The first-order valence-corrected chi connectivity index (χ1v) is 7.27. The molecule has 0 aliphatic heterocycles. The van der Waals surface area contributed by atoms with E-state index >= 15 is 0 Å². The number of aryl methyl sites for hydroxylation is 2. The van der Waals surface area contributed by atoms with Crippen molar-refractivity contribution >= 4 is 33.1 Å². The zero-order valence-electron chi connectivity index (χ0n) is 11.8. The van der Waals surface area contributed by atoms with Crippen LogP contribution in [0.4, 0.5) is 5.69 Å². The third kappa shape index (κ3) is 2.47. The molecule has 0 radical (unpaired) electrons. The Balaban J connectivity index is 1.84. The van der Waals surface area contributed by atoms with Crippen LogP contribution in [0.25, 0.3) is 10.2 Å². The lowest BCUT2D eigenvalue weighted by molar-refractivity contribution is 0.0956. The molecule has 3 aromatic rings. The van der Waals surface area contributed by atoms with E-state index in [9.17, 15) is 4.79 Å². The topological polar surface area (TPSA) is 85.8 Å². The minimum Gasteiger partial charge on any atom is -0.397 e. The maximum Gasteiger partial charge on any atom is 0.263 e. The first kappa shape index (κ1) is 13.6. The summed E-state index contributed by atoms with van der Waals surface area (Å²) in [5.41, 5.74) is 8.58. The fraction of sp³-hybridized carbons (Fsp3) is 0.214. The number of carbonyl (C=O) groups is 1. The van der Waals surface area contributed by atoms with Crippen molar-refractivity contribution < 1.29 is 4.79 Å². The van der Waals surface area contributed by atoms with Gasteiger partial charge in [0.2, 0.25) is 0 Å². The SMILES string of the molecule is Cc1ccnc2sc(C(=O)NCc3cnn(C)c3)c(N)c12. The molecule has 0 aliphatic rings. The lowest BCUT2D eigenvalue weighted by Crippen LogP contribution is -2.22. The van der Waals surface area contributed by atoms with E-state index in [1.165, 1.54) is 11.3 Å². The van der Waals surface area contributed by atoms with E-state index in [1.807, 2.05) is 26.2 Å². The average Bonchev–Trinajstić information content (AvgIpc) is 3.01. The van der Waals surface area contributed by atoms with Crippen LogP contribution in [0.1, 0.15) is 20.8 Å². The van der Waals surface area contributed by atoms with Gasteiger partial charge in [0, 0.05) is 36.9 Å². The van der Waals surface area contributed by atoms with Crippen molar-refractivity contribution in [2.45, 2.75) is 13.5 Å². The van der Waals surface area contributed by atoms with Crippen LogP contribution in [0.5, 0.6) is 0 Å². The molecule has 0 bridgehead atoms. The first-order chi connectivity index (χ1) is 10.1. The Kier molecular flexibility index (Phi) is 3.34. The second-order valence-corrected chi connectivity index (χ2v) is 5.86. The van der Waals surface area contributed by atoms with Gasteiger partial charge in [0.25, 0.3) is 5.91 Å². The molecule has 3 heterocycles. The van der Waals surface area contributed by atoms with Gasteiger partial charge in [0.05, 0.1) is 11.9 Å². The highest BCUT2D eigenvalue weighted by molar-refractivity contribution is 7.21. The summed E-state index contributed by atoms with van der Waals surface area (Å²) in [5.74, 6) is -0.182. The highest BCUT2D eigenvalue weighted by Crippen LogP contribution is 2.34. The minimum atomic E-state index is -0.182.